The Balaban J connectivity index is 1.88. The van der Waals surface area contributed by atoms with Crippen LogP contribution in [0, 0.1) is 0 Å². The zero-order valence-electron chi connectivity index (χ0n) is 11.2. The molecule has 0 bridgehead atoms. The molecular weight excluding hydrogens is 326 g/mol. The number of pyridine rings is 1. The molecule has 22 heavy (non-hydrogen) atoms. The van der Waals surface area contributed by atoms with Gasteiger partial charge in [-0.3, -0.25) is 4.98 Å². The highest BCUT2D eigenvalue weighted by molar-refractivity contribution is 7.90. The Morgan fingerprint density at radius 3 is 2.55 bits per heavy atom. The van der Waals surface area contributed by atoms with Crippen LogP contribution < -0.4 is 0 Å². The Morgan fingerprint density at radius 2 is 1.86 bits per heavy atom. The zero-order valence-corrected chi connectivity index (χ0v) is 12.8. The van der Waals surface area contributed by atoms with Crippen LogP contribution >= 0.6 is 11.6 Å². The van der Waals surface area contributed by atoms with E-state index in [2.05, 4.69) is 15.2 Å². The smallest absolute Gasteiger partial charge is 0.336 e. The third-order valence-corrected chi connectivity index (χ3v) is 4.51. The maximum atomic E-state index is 12.3. The molecule has 2 heterocycles. The number of sulfone groups is 1. The zero-order chi connectivity index (χ0) is 15.6. The Hall–Kier alpha value is -2.25. The van der Waals surface area contributed by atoms with Gasteiger partial charge < -0.3 is 4.42 Å². The van der Waals surface area contributed by atoms with Gasteiger partial charge in [0.25, 0.3) is 0 Å². The van der Waals surface area contributed by atoms with E-state index in [0.717, 1.165) is 0 Å². The van der Waals surface area contributed by atoms with Crippen molar-refractivity contribution in [3.8, 4) is 11.5 Å². The normalized spacial score (nSPS) is 11.5. The van der Waals surface area contributed by atoms with E-state index in [1.54, 1.807) is 42.6 Å². The highest BCUT2D eigenvalue weighted by atomic mass is 35.5. The fourth-order valence-corrected chi connectivity index (χ4v) is 3.04. The number of aromatic nitrogens is 3. The summed E-state index contributed by atoms with van der Waals surface area (Å²) in [5.74, 6) is -0.121. The predicted octanol–water partition coefficient (Wildman–Crippen LogP) is 2.76. The molecule has 112 valence electrons. The van der Waals surface area contributed by atoms with Gasteiger partial charge in [0.1, 0.15) is 0 Å². The third-order valence-electron chi connectivity index (χ3n) is 2.84. The van der Waals surface area contributed by atoms with Crippen molar-refractivity contribution in [3.63, 3.8) is 0 Å². The molecule has 0 saturated heterocycles. The topological polar surface area (TPSA) is 86.0 Å². The number of hydrogen-bond acceptors (Lipinski definition) is 6. The molecule has 0 N–H and O–H groups in total. The summed E-state index contributed by atoms with van der Waals surface area (Å²) in [5.41, 5.74) is 1.15. The number of halogens is 1. The van der Waals surface area contributed by atoms with Crippen LogP contribution in [0.3, 0.4) is 0 Å². The molecule has 0 aliphatic carbocycles. The summed E-state index contributed by atoms with van der Waals surface area (Å²) in [5, 5.41) is 7.54. The van der Waals surface area contributed by atoms with Crippen LogP contribution in [0.1, 0.15) is 5.56 Å². The van der Waals surface area contributed by atoms with Gasteiger partial charge in [-0.05, 0) is 35.9 Å². The maximum absolute atomic E-state index is 12.3. The van der Waals surface area contributed by atoms with Crippen LogP contribution in [-0.2, 0) is 15.6 Å². The van der Waals surface area contributed by atoms with Crippen molar-refractivity contribution in [1.29, 1.82) is 0 Å². The van der Waals surface area contributed by atoms with Crippen LogP contribution in [0.4, 0.5) is 0 Å². The second-order valence-electron chi connectivity index (χ2n) is 4.50. The minimum atomic E-state index is -3.72. The molecule has 0 spiro atoms. The van der Waals surface area contributed by atoms with E-state index >= 15 is 0 Å². The molecule has 6 nitrogen and oxygen atoms in total. The van der Waals surface area contributed by atoms with Crippen LogP contribution in [0.5, 0.6) is 0 Å². The van der Waals surface area contributed by atoms with Gasteiger partial charge in [-0.15, -0.1) is 5.10 Å². The van der Waals surface area contributed by atoms with Gasteiger partial charge in [0.15, 0.2) is 0 Å². The Labute approximate surface area is 131 Å². The van der Waals surface area contributed by atoms with Crippen molar-refractivity contribution < 1.29 is 12.8 Å². The fraction of sp³-hybridized carbons (Fsp3) is 0.0714. The van der Waals surface area contributed by atoms with Crippen molar-refractivity contribution in [2.45, 2.75) is 11.0 Å². The first-order valence-electron chi connectivity index (χ1n) is 6.26. The lowest BCUT2D eigenvalue weighted by Crippen LogP contribution is -2.05. The molecule has 2 aromatic heterocycles. The number of rotatable bonds is 4. The number of hydrogen-bond donors (Lipinski definition) is 0. The lowest BCUT2D eigenvalue weighted by atomic mass is 10.2. The minimum Gasteiger partial charge on any atom is -0.408 e. The van der Waals surface area contributed by atoms with E-state index in [9.17, 15) is 8.42 Å². The van der Waals surface area contributed by atoms with Gasteiger partial charge in [-0.25, -0.2) is 8.42 Å². The fourth-order valence-electron chi connectivity index (χ4n) is 1.81. The largest absolute Gasteiger partial charge is 0.408 e. The number of nitrogens with zero attached hydrogens (tertiary/aromatic N) is 3. The Morgan fingerprint density at radius 1 is 1.09 bits per heavy atom. The monoisotopic (exact) mass is 335 g/mol. The molecule has 1 aromatic carbocycles. The van der Waals surface area contributed by atoms with Gasteiger partial charge in [0.2, 0.25) is 15.7 Å². The van der Waals surface area contributed by atoms with E-state index in [1.807, 2.05) is 0 Å². The SMILES string of the molecule is O=S(=O)(Cc1cccnc1)c1nnc(-c2ccc(Cl)cc2)o1. The molecule has 0 aliphatic rings. The summed E-state index contributed by atoms with van der Waals surface area (Å²) in [7, 11) is -3.72. The van der Waals surface area contributed by atoms with Gasteiger partial charge in [0.05, 0.1) is 5.75 Å². The molecule has 0 amide bonds. The molecule has 0 fully saturated rings. The summed E-state index contributed by atoms with van der Waals surface area (Å²) in [6.07, 6.45) is 3.05. The first-order chi connectivity index (χ1) is 10.5. The van der Waals surface area contributed by atoms with E-state index in [1.165, 1.54) is 6.20 Å². The van der Waals surface area contributed by atoms with E-state index in [4.69, 9.17) is 16.0 Å². The second kappa shape index (κ2) is 5.86. The lowest BCUT2D eigenvalue weighted by molar-refractivity contribution is 0.439. The van der Waals surface area contributed by atoms with E-state index in [0.29, 0.717) is 16.1 Å². The van der Waals surface area contributed by atoms with E-state index < -0.39 is 15.1 Å². The van der Waals surface area contributed by atoms with Crippen LogP contribution in [0.15, 0.2) is 58.4 Å². The van der Waals surface area contributed by atoms with Crippen molar-refractivity contribution in [2.75, 3.05) is 0 Å². The molecular formula is C14H10ClN3O3S. The van der Waals surface area contributed by atoms with E-state index in [-0.39, 0.29) is 11.6 Å². The molecule has 8 heteroatoms. The summed E-state index contributed by atoms with van der Waals surface area (Å²) in [6.45, 7) is 0. The van der Waals surface area contributed by atoms with Crippen LogP contribution in [-0.4, -0.2) is 23.6 Å². The van der Waals surface area contributed by atoms with Gasteiger partial charge in [0, 0.05) is 23.0 Å². The lowest BCUT2D eigenvalue weighted by Gasteiger charge is -1.99. The first kappa shape index (κ1) is 14.7. The quantitative estimate of drug-likeness (QED) is 0.728. The second-order valence-corrected chi connectivity index (χ2v) is 6.80. The third kappa shape index (κ3) is 3.15. The summed E-state index contributed by atoms with van der Waals surface area (Å²) < 4.78 is 29.8. The van der Waals surface area contributed by atoms with Gasteiger partial charge in [-0.1, -0.05) is 22.8 Å². The average molecular weight is 336 g/mol. The Bertz CT molecular complexity index is 877. The van der Waals surface area contributed by atoms with Crippen LogP contribution in [0.2, 0.25) is 5.02 Å². The van der Waals surface area contributed by atoms with Crippen molar-refractivity contribution in [3.05, 3.63) is 59.4 Å². The van der Waals surface area contributed by atoms with Crippen molar-refractivity contribution in [1.82, 2.24) is 15.2 Å². The van der Waals surface area contributed by atoms with Gasteiger partial charge in [-0.2, -0.15) is 0 Å². The minimum absolute atomic E-state index is 0.126. The van der Waals surface area contributed by atoms with Crippen molar-refractivity contribution in [2.24, 2.45) is 0 Å². The molecule has 3 rings (SSSR count). The van der Waals surface area contributed by atoms with Crippen molar-refractivity contribution >= 4 is 21.4 Å². The molecule has 3 aromatic rings. The first-order valence-corrected chi connectivity index (χ1v) is 8.29. The highest BCUT2D eigenvalue weighted by Gasteiger charge is 2.23. The summed E-state index contributed by atoms with van der Waals surface area (Å²) in [4.78, 5) is 3.88. The predicted molar refractivity (Wildman–Crippen MR) is 79.9 cm³/mol. The summed E-state index contributed by atoms with van der Waals surface area (Å²) in [6, 6.07) is 10.00. The number of benzene rings is 1. The molecule has 0 atom stereocenters. The molecule has 0 aliphatic heterocycles. The Kier molecular flexibility index (Phi) is 3.91. The maximum Gasteiger partial charge on any atom is 0.336 e. The summed E-state index contributed by atoms with van der Waals surface area (Å²) >= 11 is 5.80. The molecule has 0 radical (unpaired) electrons. The molecule has 0 unspecified atom stereocenters. The average Bonchev–Trinajstić information content (AvgIpc) is 2.99. The van der Waals surface area contributed by atoms with Crippen LogP contribution in [0.25, 0.3) is 11.5 Å². The standard InChI is InChI=1S/C14H10ClN3O3S/c15-12-5-3-11(4-6-12)13-17-18-14(21-13)22(19,20)9-10-2-1-7-16-8-10/h1-8H,9H2. The molecule has 0 saturated carbocycles. The highest BCUT2D eigenvalue weighted by Crippen LogP contribution is 2.23. The van der Waals surface area contributed by atoms with Gasteiger partial charge >= 0.3 is 5.22 Å².